The molecule has 22 heavy (non-hydrogen) atoms. The van der Waals surface area contributed by atoms with Gasteiger partial charge in [-0.3, -0.25) is 4.79 Å². The van der Waals surface area contributed by atoms with Gasteiger partial charge >= 0.3 is 5.97 Å². The third kappa shape index (κ3) is 3.36. The van der Waals surface area contributed by atoms with E-state index >= 15 is 0 Å². The Bertz CT molecular complexity index is 687. The molecule has 1 aromatic heterocycles. The minimum atomic E-state index is -0.0843. The number of halogens is 1. The van der Waals surface area contributed by atoms with Crippen LogP contribution in [-0.4, -0.2) is 28.3 Å². The SMILES string of the molecule is COC(=O)C1CCC(Sc2nc(Cl)nc3ccccc23)CC1. The Morgan fingerprint density at radius 1 is 1.23 bits per heavy atom. The van der Waals surface area contributed by atoms with E-state index in [9.17, 15) is 4.79 Å². The van der Waals surface area contributed by atoms with Crippen molar-refractivity contribution in [2.45, 2.75) is 36.0 Å². The van der Waals surface area contributed by atoms with Crippen LogP contribution >= 0.6 is 23.4 Å². The number of fused-ring (bicyclic) bond motifs is 1. The molecular formula is C16H17ClN2O2S. The Balaban J connectivity index is 1.73. The van der Waals surface area contributed by atoms with Crippen LogP contribution in [0, 0.1) is 5.92 Å². The molecule has 0 radical (unpaired) electrons. The number of rotatable bonds is 3. The number of ether oxygens (including phenoxy) is 1. The number of para-hydroxylation sites is 1. The van der Waals surface area contributed by atoms with Crippen LogP contribution in [0.25, 0.3) is 10.9 Å². The van der Waals surface area contributed by atoms with Gasteiger partial charge in [0, 0.05) is 10.6 Å². The van der Waals surface area contributed by atoms with Crippen LogP contribution in [0.3, 0.4) is 0 Å². The first kappa shape index (κ1) is 15.6. The number of aromatic nitrogens is 2. The molecule has 1 aromatic carbocycles. The number of carbonyl (C=O) groups is 1. The van der Waals surface area contributed by atoms with Gasteiger partial charge in [-0.05, 0) is 43.4 Å². The van der Waals surface area contributed by atoms with E-state index in [0.29, 0.717) is 5.25 Å². The van der Waals surface area contributed by atoms with E-state index in [1.54, 1.807) is 11.8 Å². The third-order valence-electron chi connectivity index (χ3n) is 4.03. The van der Waals surface area contributed by atoms with Gasteiger partial charge in [-0.15, -0.1) is 11.8 Å². The summed E-state index contributed by atoms with van der Waals surface area (Å²) in [6, 6.07) is 7.90. The molecule has 0 bridgehead atoms. The minimum Gasteiger partial charge on any atom is -0.469 e. The molecule has 0 unspecified atom stereocenters. The van der Waals surface area contributed by atoms with E-state index < -0.39 is 0 Å². The van der Waals surface area contributed by atoms with Crippen LogP contribution in [0.4, 0.5) is 0 Å². The molecule has 0 amide bonds. The zero-order valence-electron chi connectivity index (χ0n) is 12.3. The molecular weight excluding hydrogens is 320 g/mol. The van der Waals surface area contributed by atoms with E-state index in [1.165, 1.54) is 7.11 Å². The van der Waals surface area contributed by atoms with E-state index in [0.717, 1.165) is 41.6 Å². The second-order valence-corrected chi connectivity index (χ2v) is 7.06. The fourth-order valence-electron chi connectivity index (χ4n) is 2.85. The largest absolute Gasteiger partial charge is 0.469 e. The molecule has 1 saturated carbocycles. The molecule has 0 saturated heterocycles. The van der Waals surface area contributed by atoms with Crippen LogP contribution < -0.4 is 0 Å². The molecule has 1 aliphatic carbocycles. The van der Waals surface area contributed by atoms with Crippen molar-refractivity contribution in [3.63, 3.8) is 0 Å². The quantitative estimate of drug-likeness (QED) is 0.479. The normalized spacial score (nSPS) is 21.7. The Kier molecular flexibility index (Phi) is 4.84. The maximum Gasteiger partial charge on any atom is 0.308 e. The first-order chi connectivity index (χ1) is 10.7. The van der Waals surface area contributed by atoms with Crippen molar-refractivity contribution in [2.24, 2.45) is 5.92 Å². The number of hydrogen-bond donors (Lipinski definition) is 0. The lowest BCUT2D eigenvalue weighted by atomic mass is 9.89. The standard InChI is InChI=1S/C16H17ClN2O2S/c1-21-15(20)10-6-8-11(9-7-10)22-14-12-4-2-3-5-13(12)18-16(17)19-14/h2-5,10-11H,6-9H2,1H3. The van der Waals surface area contributed by atoms with Gasteiger partial charge in [0.15, 0.2) is 0 Å². The predicted molar refractivity (Wildman–Crippen MR) is 88.2 cm³/mol. The van der Waals surface area contributed by atoms with Gasteiger partial charge < -0.3 is 4.74 Å². The Morgan fingerprint density at radius 3 is 2.68 bits per heavy atom. The topological polar surface area (TPSA) is 52.1 Å². The fourth-order valence-corrected chi connectivity index (χ4v) is 4.34. The van der Waals surface area contributed by atoms with Gasteiger partial charge in [-0.2, -0.15) is 0 Å². The van der Waals surface area contributed by atoms with Crippen LogP contribution in [0.5, 0.6) is 0 Å². The van der Waals surface area contributed by atoms with E-state index in [4.69, 9.17) is 16.3 Å². The highest BCUT2D eigenvalue weighted by molar-refractivity contribution is 8.00. The number of nitrogens with zero attached hydrogens (tertiary/aromatic N) is 2. The maximum atomic E-state index is 11.6. The zero-order valence-corrected chi connectivity index (χ0v) is 13.9. The number of esters is 1. The molecule has 0 atom stereocenters. The lowest BCUT2D eigenvalue weighted by Crippen LogP contribution is -2.23. The molecule has 1 fully saturated rings. The van der Waals surface area contributed by atoms with Crippen molar-refractivity contribution in [2.75, 3.05) is 7.11 Å². The zero-order chi connectivity index (χ0) is 15.5. The molecule has 116 valence electrons. The molecule has 6 heteroatoms. The number of thioether (sulfide) groups is 1. The Hall–Kier alpha value is -1.33. The second-order valence-electron chi connectivity index (χ2n) is 5.43. The van der Waals surface area contributed by atoms with Gasteiger partial charge in [-0.1, -0.05) is 18.2 Å². The summed E-state index contributed by atoms with van der Waals surface area (Å²) in [5, 5.41) is 2.70. The van der Waals surface area contributed by atoms with Crippen LogP contribution in [0.1, 0.15) is 25.7 Å². The summed E-state index contributed by atoms with van der Waals surface area (Å²) in [6.07, 6.45) is 3.73. The Morgan fingerprint density at radius 2 is 1.95 bits per heavy atom. The highest BCUT2D eigenvalue weighted by Gasteiger charge is 2.28. The fraction of sp³-hybridized carbons (Fsp3) is 0.438. The average molecular weight is 337 g/mol. The molecule has 4 nitrogen and oxygen atoms in total. The number of hydrogen-bond acceptors (Lipinski definition) is 5. The van der Waals surface area contributed by atoms with Gasteiger partial charge in [0.25, 0.3) is 0 Å². The number of methoxy groups -OCH3 is 1. The molecule has 2 aromatic rings. The first-order valence-electron chi connectivity index (χ1n) is 7.34. The van der Waals surface area contributed by atoms with Crippen LogP contribution in [-0.2, 0) is 9.53 Å². The van der Waals surface area contributed by atoms with Gasteiger partial charge in [0.05, 0.1) is 18.5 Å². The van der Waals surface area contributed by atoms with Crippen LogP contribution in [0.2, 0.25) is 5.28 Å². The minimum absolute atomic E-state index is 0.0487. The van der Waals surface area contributed by atoms with Gasteiger partial charge in [0.2, 0.25) is 5.28 Å². The molecule has 0 aliphatic heterocycles. The lowest BCUT2D eigenvalue weighted by Gasteiger charge is -2.26. The molecule has 1 heterocycles. The van der Waals surface area contributed by atoms with Crippen molar-refractivity contribution in [3.05, 3.63) is 29.5 Å². The highest BCUT2D eigenvalue weighted by atomic mass is 35.5. The summed E-state index contributed by atoms with van der Waals surface area (Å²) in [6.45, 7) is 0. The highest BCUT2D eigenvalue weighted by Crippen LogP contribution is 2.38. The monoisotopic (exact) mass is 336 g/mol. The van der Waals surface area contributed by atoms with E-state index in [1.807, 2.05) is 24.3 Å². The van der Waals surface area contributed by atoms with Crippen molar-refractivity contribution >= 4 is 40.2 Å². The van der Waals surface area contributed by atoms with Crippen LogP contribution in [0.15, 0.2) is 29.3 Å². The summed E-state index contributed by atoms with van der Waals surface area (Å²) in [5.41, 5.74) is 0.869. The lowest BCUT2D eigenvalue weighted by molar-refractivity contribution is -0.146. The Labute approximate surface area is 138 Å². The summed E-state index contributed by atoms with van der Waals surface area (Å²) < 4.78 is 4.83. The second kappa shape index (κ2) is 6.84. The summed E-state index contributed by atoms with van der Waals surface area (Å²) >= 11 is 7.77. The van der Waals surface area contributed by atoms with Gasteiger partial charge in [-0.25, -0.2) is 9.97 Å². The smallest absolute Gasteiger partial charge is 0.308 e. The number of carbonyl (C=O) groups excluding carboxylic acids is 1. The first-order valence-corrected chi connectivity index (χ1v) is 8.60. The maximum absolute atomic E-state index is 11.6. The van der Waals surface area contributed by atoms with Gasteiger partial charge in [0.1, 0.15) is 5.03 Å². The molecule has 3 rings (SSSR count). The average Bonchev–Trinajstić information content (AvgIpc) is 2.54. The molecule has 1 aliphatic rings. The van der Waals surface area contributed by atoms with E-state index in [-0.39, 0.29) is 17.2 Å². The van der Waals surface area contributed by atoms with Crippen molar-refractivity contribution in [1.82, 2.24) is 9.97 Å². The predicted octanol–water partition coefficient (Wildman–Crippen LogP) is 4.11. The van der Waals surface area contributed by atoms with Crippen molar-refractivity contribution in [3.8, 4) is 0 Å². The summed E-state index contributed by atoms with van der Waals surface area (Å²) in [5.74, 6) is -0.0356. The molecule has 0 spiro atoms. The number of benzene rings is 1. The molecule has 0 N–H and O–H groups in total. The third-order valence-corrected chi connectivity index (χ3v) is 5.54. The van der Waals surface area contributed by atoms with Crippen molar-refractivity contribution in [1.29, 1.82) is 0 Å². The van der Waals surface area contributed by atoms with Crippen molar-refractivity contribution < 1.29 is 9.53 Å². The summed E-state index contributed by atoms with van der Waals surface area (Å²) in [4.78, 5) is 20.2. The summed E-state index contributed by atoms with van der Waals surface area (Å²) in [7, 11) is 1.46. The van der Waals surface area contributed by atoms with E-state index in [2.05, 4.69) is 9.97 Å².